The molecule has 0 bridgehead atoms. The highest BCUT2D eigenvalue weighted by atomic mass is 16.4. The van der Waals surface area contributed by atoms with Crippen molar-refractivity contribution in [3.8, 4) is 0 Å². The van der Waals surface area contributed by atoms with Crippen LogP contribution < -0.4 is 5.32 Å². The minimum Gasteiger partial charge on any atom is -0.481 e. The van der Waals surface area contributed by atoms with Gasteiger partial charge in [0.1, 0.15) is 0 Å². The van der Waals surface area contributed by atoms with Gasteiger partial charge in [0.05, 0.1) is 0 Å². The molecule has 1 aliphatic heterocycles. The van der Waals surface area contributed by atoms with E-state index in [-0.39, 0.29) is 18.4 Å². The minimum absolute atomic E-state index is 0.0497. The van der Waals surface area contributed by atoms with E-state index in [2.05, 4.69) is 5.32 Å². The molecular formula is C14H25N3O4. The topological polar surface area (TPSA) is 90.0 Å². The molecular weight excluding hydrogens is 274 g/mol. The molecule has 0 atom stereocenters. The molecule has 2 N–H and O–H groups in total. The summed E-state index contributed by atoms with van der Waals surface area (Å²) in [4.78, 5) is 37.8. The molecule has 0 aromatic rings. The Balaban J connectivity index is 2.31. The van der Waals surface area contributed by atoms with E-state index in [9.17, 15) is 14.4 Å². The van der Waals surface area contributed by atoms with Crippen LogP contribution in [0.5, 0.6) is 0 Å². The highest BCUT2D eigenvalue weighted by Gasteiger charge is 2.30. The average molecular weight is 299 g/mol. The smallest absolute Gasteiger partial charge is 0.317 e. The van der Waals surface area contributed by atoms with Gasteiger partial charge in [-0.25, -0.2) is 4.79 Å². The van der Waals surface area contributed by atoms with Gasteiger partial charge in [0.25, 0.3) is 0 Å². The van der Waals surface area contributed by atoms with Gasteiger partial charge in [-0.3, -0.25) is 9.59 Å². The second-order valence-electron chi connectivity index (χ2n) is 6.26. The van der Waals surface area contributed by atoms with Crippen LogP contribution in [0.3, 0.4) is 0 Å². The molecule has 7 heteroatoms. The molecule has 1 aliphatic rings. The fourth-order valence-corrected chi connectivity index (χ4v) is 2.13. The van der Waals surface area contributed by atoms with E-state index in [4.69, 9.17) is 5.11 Å². The van der Waals surface area contributed by atoms with Crippen LogP contribution in [-0.2, 0) is 9.59 Å². The maximum Gasteiger partial charge on any atom is 0.317 e. The number of hydrogen-bond donors (Lipinski definition) is 2. The van der Waals surface area contributed by atoms with Crippen LogP contribution in [0, 0.1) is 5.41 Å². The fraction of sp³-hybridized carbons (Fsp3) is 0.786. The standard InChI is InChI=1S/C14H25N3O4/c1-14(2,3)12(20)16-7-9-17(10-8-16)13(21)15-6-4-5-11(18)19/h4-10H2,1-3H3,(H,15,21)(H,18,19). The van der Waals surface area contributed by atoms with Crippen molar-refractivity contribution in [3.05, 3.63) is 0 Å². The first-order valence-corrected chi connectivity index (χ1v) is 7.26. The van der Waals surface area contributed by atoms with E-state index in [0.717, 1.165) is 0 Å². The number of carboxylic acids is 1. The highest BCUT2D eigenvalue weighted by Crippen LogP contribution is 2.18. The summed E-state index contributed by atoms with van der Waals surface area (Å²) in [7, 11) is 0. The van der Waals surface area contributed by atoms with Gasteiger partial charge in [-0.1, -0.05) is 20.8 Å². The Morgan fingerprint density at radius 1 is 1.05 bits per heavy atom. The van der Waals surface area contributed by atoms with Crippen molar-refractivity contribution in [1.29, 1.82) is 0 Å². The number of piperazine rings is 1. The Morgan fingerprint density at radius 3 is 2.05 bits per heavy atom. The lowest BCUT2D eigenvalue weighted by atomic mass is 9.94. The predicted molar refractivity (Wildman–Crippen MR) is 77.9 cm³/mol. The zero-order valence-corrected chi connectivity index (χ0v) is 13.0. The molecule has 0 aromatic carbocycles. The Kier molecular flexibility index (Phi) is 5.99. The summed E-state index contributed by atoms with van der Waals surface area (Å²) in [5.74, 6) is -0.762. The van der Waals surface area contributed by atoms with Gasteiger partial charge >= 0.3 is 12.0 Å². The molecule has 0 aromatic heterocycles. The van der Waals surface area contributed by atoms with Crippen molar-refractivity contribution in [1.82, 2.24) is 15.1 Å². The number of carbonyl (C=O) groups excluding carboxylic acids is 2. The van der Waals surface area contributed by atoms with Gasteiger partial charge in [0.2, 0.25) is 5.91 Å². The van der Waals surface area contributed by atoms with Gasteiger partial charge < -0.3 is 20.2 Å². The van der Waals surface area contributed by atoms with Gasteiger partial charge in [-0.05, 0) is 6.42 Å². The van der Waals surface area contributed by atoms with E-state index in [0.29, 0.717) is 39.1 Å². The summed E-state index contributed by atoms with van der Waals surface area (Å²) < 4.78 is 0. The van der Waals surface area contributed by atoms with Crippen molar-refractivity contribution in [2.45, 2.75) is 33.6 Å². The SMILES string of the molecule is CC(C)(C)C(=O)N1CCN(C(=O)NCCCC(=O)O)CC1. The van der Waals surface area contributed by atoms with Crippen LogP contribution in [0.15, 0.2) is 0 Å². The average Bonchev–Trinajstić information content (AvgIpc) is 2.41. The number of nitrogens with zero attached hydrogens (tertiary/aromatic N) is 2. The lowest BCUT2D eigenvalue weighted by Gasteiger charge is -2.37. The monoisotopic (exact) mass is 299 g/mol. The van der Waals surface area contributed by atoms with Gasteiger partial charge in [-0.15, -0.1) is 0 Å². The Labute approximate surface area is 125 Å². The fourth-order valence-electron chi connectivity index (χ4n) is 2.13. The third kappa shape index (κ3) is 5.61. The van der Waals surface area contributed by atoms with Crippen LogP contribution in [-0.4, -0.2) is 65.5 Å². The minimum atomic E-state index is -0.862. The number of urea groups is 1. The summed E-state index contributed by atoms with van der Waals surface area (Å²) >= 11 is 0. The van der Waals surface area contributed by atoms with Crippen LogP contribution in [0.4, 0.5) is 4.79 Å². The molecule has 0 saturated carbocycles. The van der Waals surface area contributed by atoms with Gasteiger partial charge in [0, 0.05) is 44.6 Å². The van der Waals surface area contributed by atoms with Crippen LogP contribution >= 0.6 is 0 Å². The Morgan fingerprint density at radius 2 is 1.57 bits per heavy atom. The lowest BCUT2D eigenvalue weighted by molar-refractivity contribution is -0.141. The highest BCUT2D eigenvalue weighted by molar-refractivity contribution is 5.82. The van der Waals surface area contributed by atoms with E-state index in [1.807, 2.05) is 20.8 Å². The number of hydrogen-bond acceptors (Lipinski definition) is 3. The molecule has 0 aliphatic carbocycles. The zero-order valence-electron chi connectivity index (χ0n) is 13.0. The molecule has 1 heterocycles. The summed E-state index contributed by atoms with van der Waals surface area (Å²) in [6, 6.07) is -0.191. The third-order valence-corrected chi connectivity index (χ3v) is 3.34. The first-order chi connectivity index (χ1) is 9.71. The van der Waals surface area contributed by atoms with Crippen molar-refractivity contribution in [2.24, 2.45) is 5.41 Å². The second-order valence-corrected chi connectivity index (χ2v) is 6.26. The van der Waals surface area contributed by atoms with E-state index < -0.39 is 11.4 Å². The normalized spacial score (nSPS) is 15.8. The first kappa shape index (κ1) is 17.3. The van der Waals surface area contributed by atoms with Crippen molar-refractivity contribution in [2.75, 3.05) is 32.7 Å². The summed E-state index contributed by atoms with van der Waals surface area (Å²) in [5, 5.41) is 11.2. The first-order valence-electron chi connectivity index (χ1n) is 7.26. The summed E-state index contributed by atoms with van der Waals surface area (Å²) in [6.07, 6.45) is 0.470. The molecule has 0 unspecified atom stereocenters. The van der Waals surface area contributed by atoms with Gasteiger partial charge in [-0.2, -0.15) is 0 Å². The molecule has 3 amide bonds. The van der Waals surface area contributed by atoms with E-state index >= 15 is 0 Å². The third-order valence-electron chi connectivity index (χ3n) is 3.34. The maximum absolute atomic E-state index is 12.1. The number of amides is 3. The van der Waals surface area contributed by atoms with Crippen LogP contribution in [0.25, 0.3) is 0 Å². The summed E-state index contributed by atoms with van der Waals surface area (Å²) in [6.45, 7) is 8.10. The van der Waals surface area contributed by atoms with Crippen LogP contribution in [0.2, 0.25) is 0 Å². The molecule has 120 valence electrons. The molecule has 1 rings (SSSR count). The van der Waals surface area contributed by atoms with Crippen molar-refractivity contribution in [3.63, 3.8) is 0 Å². The van der Waals surface area contributed by atoms with Gasteiger partial charge in [0.15, 0.2) is 0 Å². The van der Waals surface area contributed by atoms with Crippen molar-refractivity contribution >= 4 is 17.9 Å². The summed E-state index contributed by atoms with van der Waals surface area (Å²) in [5.41, 5.74) is -0.402. The predicted octanol–water partition coefficient (Wildman–Crippen LogP) is 0.751. The molecule has 1 saturated heterocycles. The number of carboxylic acid groups (broad SMARTS) is 1. The Hall–Kier alpha value is -1.79. The molecule has 0 spiro atoms. The number of aliphatic carboxylic acids is 1. The Bertz CT molecular complexity index is 396. The molecule has 7 nitrogen and oxygen atoms in total. The van der Waals surface area contributed by atoms with E-state index in [1.54, 1.807) is 9.80 Å². The molecule has 1 fully saturated rings. The second kappa shape index (κ2) is 7.28. The quantitative estimate of drug-likeness (QED) is 0.750. The van der Waals surface area contributed by atoms with E-state index in [1.165, 1.54) is 0 Å². The number of nitrogens with one attached hydrogen (secondary N) is 1. The van der Waals surface area contributed by atoms with Crippen molar-refractivity contribution < 1.29 is 19.5 Å². The largest absolute Gasteiger partial charge is 0.481 e. The number of carbonyl (C=O) groups is 3. The van der Waals surface area contributed by atoms with Crippen LogP contribution in [0.1, 0.15) is 33.6 Å². The zero-order chi connectivity index (χ0) is 16.0. The molecule has 0 radical (unpaired) electrons. The maximum atomic E-state index is 12.1. The lowest BCUT2D eigenvalue weighted by Crippen LogP contribution is -2.55. The molecule has 21 heavy (non-hydrogen) atoms. The number of rotatable bonds is 4.